The predicted molar refractivity (Wildman–Crippen MR) is 161 cm³/mol. The van der Waals surface area contributed by atoms with Crippen LogP contribution in [0.1, 0.15) is 36.0 Å². The Kier molecular flexibility index (Phi) is 6.20. The monoisotopic (exact) mass is 547 g/mol. The van der Waals surface area contributed by atoms with Crippen molar-refractivity contribution in [3.63, 3.8) is 0 Å². The average Bonchev–Trinajstić information content (AvgIpc) is 3.56. The van der Waals surface area contributed by atoms with Gasteiger partial charge in [0.15, 0.2) is 0 Å². The van der Waals surface area contributed by atoms with Crippen LogP contribution < -0.4 is 11.1 Å². The van der Waals surface area contributed by atoms with Crippen LogP contribution in [0.25, 0.3) is 49.9 Å². The van der Waals surface area contributed by atoms with Crippen molar-refractivity contribution < 1.29 is 14.3 Å². The van der Waals surface area contributed by atoms with Crippen LogP contribution in [0.15, 0.2) is 78.9 Å². The molecule has 5 N–H and O–H groups in total. The second kappa shape index (κ2) is 10.1. The molecular weight excluding hydrogens is 517 g/mol. The summed E-state index contributed by atoms with van der Waals surface area (Å²) >= 11 is 0. The zero-order valence-corrected chi connectivity index (χ0v) is 22.4. The molecule has 1 fully saturated rings. The summed E-state index contributed by atoms with van der Waals surface area (Å²) in [5.41, 5.74) is 12.0. The molecule has 0 aliphatic heterocycles. The standard InChI is InChI=1S/C33H30FN5O2/c34-20-12-15-26-28(16-20)38-33(37-26)24-8-5-11-30-31(24)23-7-2-4-10-29(23)39(30)21-13-14-22(32(35)41)27(17-21)36-25-9-3-1-6-19(25)18-40/h2,4-5,7-8,10-17,19,25,36,40H,1,3,6,9,18H2,(H2,35,41)(H,37,38)/t19-,25-/m0/s1. The van der Waals surface area contributed by atoms with E-state index in [0.717, 1.165) is 64.3 Å². The molecule has 0 saturated heterocycles. The van der Waals surface area contributed by atoms with Crippen LogP contribution in [0, 0.1) is 11.7 Å². The summed E-state index contributed by atoms with van der Waals surface area (Å²) in [5, 5.41) is 15.6. The molecule has 1 aliphatic carbocycles. The number of para-hydroxylation sites is 1. The van der Waals surface area contributed by atoms with Gasteiger partial charge in [-0.1, -0.05) is 43.2 Å². The number of benzene rings is 4. The van der Waals surface area contributed by atoms with E-state index in [0.29, 0.717) is 22.6 Å². The summed E-state index contributed by atoms with van der Waals surface area (Å²) in [6.07, 6.45) is 4.04. The lowest BCUT2D eigenvalue weighted by atomic mass is 9.85. The minimum Gasteiger partial charge on any atom is -0.396 e. The molecule has 1 aliphatic rings. The van der Waals surface area contributed by atoms with E-state index in [1.807, 2.05) is 36.4 Å². The smallest absolute Gasteiger partial charge is 0.250 e. The first-order chi connectivity index (χ1) is 20.0. The quantitative estimate of drug-likeness (QED) is 0.190. The van der Waals surface area contributed by atoms with Crippen LogP contribution in [0.5, 0.6) is 0 Å². The van der Waals surface area contributed by atoms with Crippen molar-refractivity contribution in [3.05, 3.63) is 90.2 Å². The van der Waals surface area contributed by atoms with Crippen molar-refractivity contribution in [1.82, 2.24) is 14.5 Å². The van der Waals surface area contributed by atoms with Gasteiger partial charge in [-0.05, 0) is 55.3 Å². The SMILES string of the molecule is NC(=O)c1ccc(-n2c3ccccc3c3c(-c4nc5cc(F)ccc5[nH]4)cccc32)cc1N[C@H]1CCCC[C@H]1CO. The van der Waals surface area contributed by atoms with Gasteiger partial charge in [0.05, 0.1) is 27.6 Å². The van der Waals surface area contributed by atoms with E-state index in [1.165, 1.54) is 12.1 Å². The summed E-state index contributed by atoms with van der Waals surface area (Å²) in [7, 11) is 0. The van der Waals surface area contributed by atoms with Crippen LogP contribution in [0.2, 0.25) is 0 Å². The summed E-state index contributed by atoms with van der Waals surface area (Å²) in [5.74, 6) is -0.0342. The van der Waals surface area contributed by atoms with E-state index in [9.17, 15) is 14.3 Å². The second-order valence-electron chi connectivity index (χ2n) is 10.9. The molecule has 1 amide bonds. The maximum absolute atomic E-state index is 13.9. The van der Waals surface area contributed by atoms with Crippen LogP contribution in [-0.4, -0.2) is 38.2 Å². The number of hydrogen-bond acceptors (Lipinski definition) is 4. The number of aliphatic hydroxyl groups excluding tert-OH is 1. The number of H-pyrrole nitrogens is 1. The van der Waals surface area contributed by atoms with Crippen LogP contribution in [-0.2, 0) is 0 Å². The van der Waals surface area contributed by atoms with E-state index in [1.54, 1.807) is 12.1 Å². The zero-order chi connectivity index (χ0) is 28.1. The van der Waals surface area contributed by atoms with Crippen molar-refractivity contribution in [3.8, 4) is 17.1 Å². The molecule has 7 nitrogen and oxygen atoms in total. The van der Waals surface area contributed by atoms with Crippen molar-refractivity contribution in [2.24, 2.45) is 11.7 Å². The largest absolute Gasteiger partial charge is 0.396 e. The third-order valence-electron chi connectivity index (χ3n) is 8.41. The van der Waals surface area contributed by atoms with Gasteiger partial charge in [-0.25, -0.2) is 9.37 Å². The fourth-order valence-electron chi connectivity index (χ4n) is 6.42. The van der Waals surface area contributed by atoms with Gasteiger partial charge in [0, 0.05) is 52.3 Å². The number of aromatic amines is 1. The Morgan fingerprint density at radius 3 is 2.71 bits per heavy atom. The minimum atomic E-state index is -0.499. The molecule has 4 aromatic carbocycles. The van der Waals surface area contributed by atoms with E-state index < -0.39 is 5.91 Å². The molecule has 7 rings (SSSR count). The van der Waals surface area contributed by atoms with Crippen LogP contribution in [0.3, 0.4) is 0 Å². The normalized spacial score (nSPS) is 17.4. The Morgan fingerprint density at radius 1 is 1.02 bits per heavy atom. The third-order valence-corrected chi connectivity index (χ3v) is 8.41. The molecule has 0 bridgehead atoms. The van der Waals surface area contributed by atoms with E-state index in [-0.39, 0.29) is 24.4 Å². The van der Waals surface area contributed by atoms with Gasteiger partial charge in [-0.2, -0.15) is 0 Å². The molecule has 41 heavy (non-hydrogen) atoms. The second-order valence-corrected chi connectivity index (χ2v) is 10.9. The molecule has 1 saturated carbocycles. The number of halogens is 1. The Hall–Kier alpha value is -4.69. The maximum atomic E-state index is 13.9. The number of aromatic nitrogens is 3. The van der Waals surface area contributed by atoms with Gasteiger partial charge in [0.25, 0.3) is 5.91 Å². The van der Waals surface area contributed by atoms with E-state index in [2.05, 4.69) is 33.1 Å². The predicted octanol–water partition coefficient (Wildman–Crippen LogP) is 6.53. The van der Waals surface area contributed by atoms with Gasteiger partial charge in [0.2, 0.25) is 0 Å². The number of nitrogens with zero attached hydrogens (tertiary/aromatic N) is 2. The number of imidazole rings is 1. The first-order valence-corrected chi connectivity index (χ1v) is 14.0. The molecular formula is C33H30FN5O2. The van der Waals surface area contributed by atoms with Gasteiger partial charge in [-0.15, -0.1) is 0 Å². The van der Waals surface area contributed by atoms with Crippen molar-refractivity contribution in [1.29, 1.82) is 0 Å². The lowest BCUT2D eigenvalue weighted by Crippen LogP contribution is -2.35. The van der Waals surface area contributed by atoms with Crippen LogP contribution >= 0.6 is 0 Å². The van der Waals surface area contributed by atoms with Gasteiger partial charge in [0.1, 0.15) is 11.6 Å². The number of fused-ring (bicyclic) bond motifs is 4. The van der Waals surface area contributed by atoms with E-state index >= 15 is 0 Å². The number of amides is 1. The summed E-state index contributed by atoms with van der Waals surface area (Å²) in [4.78, 5) is 20.5. The molecule has 206 valence electrons. The number of primary amides is 1. The first kappa shape index (κ1) is 25.3. The Balaban J connectivity index is 1.42. The Morgan fingerprint density at radius 2 is 1.85 bits per heavy atom. The lowest BCUT2D eigenvalue weighted by Gasteiger charge is -2.32. The van der Waals surface area contributed by atoms with Crippen molar-refractivity contribution in [2.75, 3.05) is 11.9 Å². The molecule has 0 radical (unpaired) electrons. The minimum absolute atomic E-state index is 0.0600. The highest BCUT2D eigenvalue weighted by molar-refractivity contribution is 6.15. The van der Waals surface area contributed by atoms with Gasteiger partial charge >= 0.3 is 0 Å². The molecule has 2 aromatic heterocycles. The number of carbonyl (C=O) groups is 1. The topological polar surface area (TPSA) is 109 Å². The summed E-state index contributed by atoms with van der Waals surface area (Å²) < 4.78 is 16.1. The molecule has 0 spiro atoms. The zero-order valence-electron chi connectivity index (χ0n) is 22.4. The summed E-state index contributed by atoms with van der Waals surface area (Å²) in [6.45, 7) is 0.105. The molecule has 6 aromatic rings. The highest BCUT2D eigenvalue weighted by Crippen LogP contribution is 2.39. The first-order valence-electron chi connectivity index (χ1n) is 14.0. The highest BCUT2D eigenvalue weighted by atomic mass is 19.1. The van der Waals surface area contributed by atoms with Crippen molar-refractivity contribution >= 4 is 44.4 Å². The Labute approximate surface area is 235 Å². The van der Waals surface area contributed by atoms with Gasteiger partial charge in [-0.3, -0.25) is 4.79 Å². The number of aliphatic hydroxyl groups is 1. The van der Waals surface area contributed by atoms with E-state index in [4.69, 9.17) is 10.7 Å². The third kappa shape index (κ3) is 4.31. The number of nitrogens with two attached hydrogens (primary N) is 1. The number of hydrogen-bond donors (Lipinski definition) is 4. The number of anilines is 1. The molecule has 2 heterocycles. The Bertz CT molecular complexity index is 1940. The number of rotatable bonds is 6. The fraction of sp³-hybridized carbons (Fsp3) is 0.212. The number of nitrogens with one attached hydrogen (secondary N) is 2. The van der Waals surface area contributed by atoms with Crippen LogP contribution in [0.4, 0.5) is 10.1 Å². The average molecular weight is 548 g/mol. The molecule has 0 unspecified atom stereocenters. The van der Waals surface area contributed by atoms with Crippen molar-refractivity contribution in [2.45, 2.75) is 31.7 Å². The lowest BCUT2D eigenvalue weighted by molar-refractivity contribution is 0.100. The molecule has 8 heteroatoms. The summed E-state index contributed by atoms with van der Waals surface area (Å²) in [6, 6.07) is 24.5. The fourth-order valence-corrected chi connectivity index (χ4v) is 6.42. The highest BCUT2D eigenvalue weighted by Gasteiger charge is 2.26. The maximum Gasteiger partial charge on any atom is 0.250 e. The molecule has 2 atom stereocenters. The van der Waals surface area contributed by atoms with Gasteiger partial charge < -0.3 is 25.7 Å². The number of carbonyl (C=O) groups excluding carboxylic acids is 1.